The Hall–Kier alpha value is -2.52. The van der Waals surface area contributed by atoms with Gasteiger partial charge in [-0.15, -0.1) is 0 Å². The molecule has 0 atom stereocenters. The van der Waals surface area contributed by atoms with Crippen molar-refractivity contribution >= 4 is 24.2 Å². The fourth-order valence-corrected chi connectivity index (χ4v) is 2.05. The van der Waals surface area contributed by atoms with E-state index >= 15 is 0 Å². The largest absolute Gasteiger partial charge is 0.508 e. The summed E-state index contributed by atoms with van der Waals surface area (Å²) >= 11 is 0. The lowest BCUT2D eigenvalue weighted by Gasteiger charge is -2.28. The Morgan fingerprint density at radius 3 is 1.65 bits per heavy atom. The van der Waals surface area contributed by atoms with Crippen LogP contribution in [0, 0.1) is 5.41 Å². The molecule has 0 aliphatic carbocycles. The van der Waals surface area contributed by atoms with Gasteiger partial charge in [0.05, 0.1) is 13.2 Å². The predicted octanol–water partition coefficient (Wildman–Crippen LogP) is 2.44. The first-order valence-electron chi connectivity index (χ1n) is 8.31. The van der Waals surface area contributed by atoms with Crippen LogP contribution in [0.25, 0.3) is 0 Å². The van der Waals surface area contributed by atoms with Gasteiger partial charge in [-0.25, -0.2) is 9.59 Å². The van der Waals surface area contributed by atoms with Crippen LogP contribution >= 0.6 is 0 Å². The Bertz CT molecular complexity index is 452. The molecule has 0 heterocycles. The molecule has 26 heavy (non-hydrogen) atoms. The molecule has 0 aromatic rings. The SMILES string of the molecule is CCOC(=O)OCC(CCCCCC(=O)O)(COC(=O)OCC)C(=O)O. The molecule has 0 aromatic heterocycles. The molecular weight excluding hydrogens is 352 g/mol. The van der Waals surface area contributed by atoms with Crippen LogP contribution < -0.4 is 0 Å². The number of hydrogen-bond donors (Lipinski definition) is 2. The first kappa shape index (κ1) is 23.5. The maximum Gasteiger partial charge on any atom is 0.508 e. The van der Waals surface area contributed by atoms with Gasteiger partial charge in [-0.1, -0.05) is 12.8 Å². The molecule has 0 saturated carbocycles. The summed E-state index contributed by atoms with van der Waals surface area (Å²) in [6.45, 7) is 2.15. The van der Waals surface area contributed by atoms with Crippen LogP contribution in [0.5, 0.6) is 0 Å². The Morgan fingerprint density at radius 2 is 1.27 bits per heavy atom. The lowest BCUT2D eigenvalue weighted by Crippen LogP contribution is -2.42. The summed E-state index contributed by atoms with van der Waals surface area (Å²) in [5.74, 6) is -2.25. The molecule has 10 nitrogen and oxygen atoms in total. The fourth-order valence-electron chi connectivity index (χ4n) is 2.05. The lowest BCUT2D eigenvalue weighted by molar-refractivity contribution is -0.156. The monoisotopic (exact) mass is 378 g/mol. The Labute approximate surface area is 151 Å². The van der Waals surface area contributed by atoms with Crippen molar-refractivity contribution in [3.05, 3.63) is 0 Å². The van der Waals surface area contributed by atoms with Crippen molar-refractivity contribution in [1.82, 2.24) is 0 Å². The van der Waals surface area contributed by atoms with Gasteiger partial charge in [0.15, 0.2) is 0 Å². The zero-order valence-electron chi connectivity index (χ0n) is 15.0. The summed E-state index contributed by atoms with van der Waals surface area (Å²) in [4.78, 5) is 45.0. The molecule has 0 radical (unpaired) electrons. The van der Waals surface area contributed by atoms with Gasteiger partial charge in [-0.2, -0.15) is 0 Å². The molecule has 0 aliphatic rings. The van der Waals surface area contributed by atoms with Gasteiger partial charge in [0.25, 0.3) is 0 Å². The summed E-state index contributed by atoms with van der Waals surface area (Å²) in [5.41, 5.74) is -1.68. The van der Waals surface area contributed by atoms with Crippen molar-refractivity contribution < 1.29 is 48.3 Å². The number of ether oxygens (including phenoxy) is 4. The highest BCUT2D eigenvalue weighted by Gasteiger charge is 2.42. The zero-order valence-corrected chi connectivity index (χ0v) is 15.0. The number of carbonyl (C=O) groups excluding carboxylic acids is 2. The van der Waals surface area contributed by atoms with Crippen LogP contribution in [-0.2, 0) is 28.5 Å². The van der Waals surface area contributed by atoms with E-state index in [2.05, 4.69) is 9.47 Å². The van der Waals surface area contributed by atoms with Gasteiger partial charge in [0, 0.05) is 6.42 Å². The van der Waals surface area contributed by atoms with Crippen LogP contribution in [0.2, 0.25) is 0 Å². The highest BCUT2D eigenvalue weighted by molar-refractivity contribution is 5.76. The van der Waals surface area contributed by atoms with Gasteiger partial charge in [0.2, 0.25) is 0 Å². The number of rotatable bonds is 13. The molecule has 10 heteroatoms. The van der Waals surface area contributed by atoms with E-state index in [4.69, 9.17) is 14.6 Å². The summed E-state index contributed by atoms with van der Waals surface area (Å²) in [6.07, 6.45) is -0.889. The van der Waals surface area contributed by atoms with E-state index in [1.807, 2.05) is 0 Å². The minimum Gasteiger partial charge on any atom is -0.481 e. The van der Waals surface area contributed by atoms with Gasteiger partial charge in [0.1, 0.15) is 18.6 Å². The zero-order chi connectivity index (χ0) is 20.0. The topological polar surface area (TPSA) is 146 Å². The highest BCUT2D eigenvalue weighted by Crippen LogP contribution is 2.28. The second-order valence-electron chi connectivity index (χ2n) is 5.48. The van der Waals surface area contributed by atoms with Crippen molar-refractivity contribution in [3.8, 4) is 0 Å². The number of unbranched alkanes of at least 4 members (excludes halogenated alkanes) is 2. The van der Waals surface area contributed by atoms with E-state index in [1.165, 1.54) is 0 Å². The predicted molar refractivity (Wildman–Crippen MR) is 86.7 cm³/mol. The van der Waals surface area contributed by atoms with Gasteiger partial charge < -0.3 is 29.2 Å². The van der Waals surface area contributed by atoms with E-state index in [0.717, 1.165) is 0 Å². The van der Waals surface area contributed by atoms with Crippen molar-refractivity contribution in [1.29, 1.82) is 0 Å². The van der Waals surface area contributed by atoms with Crippen LogP contribution in [0.4, 0.5) is 9.59 Å². The molecule has 0 aliphatic heterocycles. The summed E-state index contributed by atoms with van der Waals surface area (Å²) in [5, 5.41) is 18.2. The Morgan fingerprint density at radius 1 is 0.769 bits per heavy atom. The molecule has 2 N–H and O–H groups in total. The first-order chi connectivity index (χ1) is 12.3. The third kappa shape index (κ3) is 9.70. The van der Waals surface area contributed by atoms with E-state index in [-0.39, 0.29) is 26.1 Å². The average molecular weight is 378 g/mol. The molecule has 0 spiro atoms. The number of carboxylic acid groups (broad SMARTS) is 2. The molecule has 0 saturated heterocycles. The maximum absolute atomic E-state index is 11.8. The average Bonchev–Trinajstić information content (AvgIpc) is 2.56. The molecular formula is C16H26O10. The summed E-state index contributed by atoms with van der Waals surface area (Å²) < 4.78 is 18.9. The number of carboxylic acids is 2. The minimum atomic E-state index is -1.68. The lowest BCUT2D eigenvalue weighted by atomic mass is 9.84. The minimum absolute atomic E-state index is 0.0146. The van der Waals surface area contributed by atoms with Crippen molar-refractivity contribution in [3.63, 3.8) is 0 Å². The molecule has 0 aromatic carbocycles. The van der Waals surface area contributed by atoms with Crippen molar-refractivity contribution in [2.24, 2.45) is 5.41 Å². The van der Waals surface area contributed by atoms with Crippen molar-refractivity contribution in [2.45, 2.75) is 46.0 Å². The third-order valence-electron chi connectivity index (χ3n) is 3.46. The second-order valence-corrected chi connectivity index (χ2v) is 5.48. The quantitative estimate of drug-likeness (QED) is 0.362. The van der Waals surface area contributed by atoms with E-state index in [0.29, 0.717) is 19.3 Å². The first-order valence-corrected chi connectivity index (χ1v) is 8.31. The van der Waals surface area contributed by atoms with Crippen LogP contribution in [0.3, 0.4) is 0 Å². The Balaban J connectivity index is 4.91. The number of carbonyl (C=O) groups is 4. The molecule has 0 amide bonds. The number of hydrogen-bond acceptors (Lipinski definition) is 8. The third-order valence-corrected chi connectivity index (χ3v) is 3.46. The normalized spacial score (nSPS) is 10.7. The van der Waals surface area contributed by atoms with Crippen LogP contribution in [0.1, 0.15) is 46.0 Å². The molecule has 0 rings (SSSR count). The molecule has 0 bridgehead atoms. The second kappa shape index (κ2) is 12.8. The van der Waals surface area contributed by atoms with Gasteiger partial charge in [-0.3, -0.25) is 9.59 Å². The summed E-state index contributed by atoms with van der Waals surface area (Å²) in [6, 6.07) is 0. The van der Waals surface area contributed by atoms with Crippen LogP contribution in [0.15, 0.2) is 0 Å². The van der Waals surface area contributed by atoms with Crippen LogP contribution in [-0.4, -0.2) is 60.9 Å². The maximum atomic E-state index is 11.8. The number of aliphatic carboxylic acids is 2. The standard InChI is InChI=1S/C16H26O10/c1-3-23-14(21)25-10-16(13(19)20,11-26-15(22)24-4-2)9-7-5-6-8-12(17)18/h3-11H2,1-2H3,(H,17,18)(H,19,20). The molecule has 150 valence electrons. The van der Waals surface area contributed by atoms with E-state index in [1.54, 1.807) is 13.8 Å². The highest BCUT2D eigenvalue weighted by atomic mass is 16.7. The molecule has 0 unspecified atom stereocenters. The van der Waals surface area contributed by atoms with Gasteiger partial charge >= 0.3 is 24.2 Å². The molecule has 0 fully saturated rings. The van der Waals surface area contributed by atoms with E-state index < -0.39 is 42.9 Å². The smallest absolute Gasteiger partial charge is 0.481 e. The fraction of sp³-hybridized carbons (Fsp3) is 0.750. The van der Waals surface area contributed by atoms with Gasteiger partial charge in [-0.05, 0) is 26.7 Å². The summed E-state index contributed by atoms with van der Waals surface area (Å²) in [7, 11) is 0. The van der Waals surface area contributed by atoms with Crippen molar-refractivity contribution in [2.75, 3.05) is 26.4 Å². The Kier molecular flexibility index (Phi) is 11.5. The van der Waals surface area contributed by atoms with E-state index in [9.17, 15) is 24.3 Å².